The molecule has 2 heterocycles. The standard InChI is InChI=1S/C19H31N3O2.ClH/c1-14-10-20-7-8-22(14)18-5-6-19(17(9-18)13-23-4)21-11-15(2)24-16(3)12-21;/h5-6,9,14-16,20H,7-8,10-13H2,1-4H3;1H/t14-,15-,16+;/m1./s1. The van der Waals surface area contributed by atoms with Crippen LogP contribution in [0.3, 0.4) is 0 Å². The second-order valence-electron chi connectivity index (χ2n) is 7.15. The number of benzene rings is 1. The maximum Gasteiger partial charge on any atom is 0.0734 e. The number of hydrogen-bond acceptors (Lipinski definition) is 5. The number of ether oxygens (including phenoxy) is 2. The molecule has 2 aliphatic rings. The van der Waals surface area contributed by atoms with Crippen LogP contribution in [0.4, 0.5) is 11.4 Å². The van der Waals surface area contributed by atoms with Crippen molar-refractivity contribution in [2.75, 3.05) is 49.6 Å². The van der Waals surface area contributed by atoms with Gasteiger partial charge in [-0.2, -0.15) is 0 Å². The first-order chi connectivity index (χ1) is 11.6. The van der Waals surface area contributed by atoms with Crippen molar-refractivity contribution in [3.05, 3.63) is 23.8 Å². The summed E-state index contributed by atoms with van der Waals surface area (Å²) in [5, 5.41) is 3.46. The molecule has 0 radical (unpaired) electrons. The van der Waals surface area contributed by atoms with Gasteiger partial charge in [0.25, 0.3) is 0 Å². The molecular weight excluding hydrogens is 338 g/mol. The van der Waals surface area contributed by atoms with E-state index in [1.165, 1.54) is 16.9 Å². The third-order valence-corrected chi connectivity index (χ3v) is 4.96. The number of piperazine rings is 1. The highest BCUT2D eigenvalue weighted by molar-refractivity contribution is 5.85. The zero-order valence-corrected chi connectivity index (χ0v) is 16.6. The van der Waals surface area contributed by atoms with Gasteiger partial charge in [0, 0.05) is 62.8 Å². The van der Waals surface area contributed by atoms with Crippen LogP contribution in [0.15, 0.2) is 18.2 Å². The molecule has 2 aliphatic heterocycles. The molecule has 0 aromatic heterocycles. The van der Waals surface area contributed by atoms with E-state index in [-0.39, 0.29) is 24.6 Å². The van der Waals surface area contributed by atoms with Crippen LogP contribution >= 0.6 is 12.4 Å². The first-order valence-corrected chi connectivity index (χ1v) is 9.08. The lowest BCUT2D eigenvalue weighted by atomic mass is 10.1. The molecule has 1 N–H and O–H groups in total. The Morgan fingerprint density at radius 3 is 2.56 bits per heavy atom. The first-order valence-electron chi connectivity index (χ1n) is 9.08. The Morgan fingerprint density at radius 1 is 1.20 bits per heavy atom. The SMILES string of the molecule is COCc1cc(N2CCNC[C@H]2C)ccc1N1C[C@@H](C)O[C@@H](C)C1.Cl. The minimum atomic E-state index is 0. The molecule has 6 heteroatoms. The van der Waals surface area contributed by atoms with Crippen LogP contribution in [0.25, 0.3) is 0 Å². The van der Waals surface area contributed by atoms with E-state index < -0.39 is 0 Å². The number of methoxy groups -OCH3 is 1. The van der Waals surface area contributed by atoms with E-state index in [1.54, 1.807) is 7.11 Å². The molecule has 2 saturated heterocycles. The Bertz CT molecular complexity index is 547. The van der Waals surface area contributed by atoms with Gasteiger partial charge in [-0.25, -0.2) is 0 Å². The maximum absolute atomic E-state index is 5.88. The fourth-order valence-corrected chi connectivity index (χ4v) is 3.93. The molecule has 25 heavy (non-hydrogen) atoms. The molecule has 0 unspecified atom stereocenters. The van der Waals surface area contributed by atoms with Crippen LogP contribution in [0.5, 0.6) is 0 Å². The third kappa shape index (κ3) is 4.79. The molecule has 3 atom stereocenters. The lowest BCUT2D eigenvalue weighted by Crippen LogP contribution is -2.50. The average molecular weight is 370 g/mol. The van der Waals surface area contributed by atoms with E-state index in [9.17, 15) is 0 Å². The van der Waals surface area contributed by atoms with E-state index >= 15 is 0 Å². The fraction of sp³-hybridized carbons (Fsp3) is 0.684. The van der Waals surface area contributed by atoms with Gasteiger partial charge in [0.15, 0.2) is 0 Å². The zero-order valence-electron chi connectivity index (χ0n) is 15.8. The number of nitrogens with zero attached hydrogens (tertiary/aromatic N) is 2. The number of morpholine rings is 1. The van der Waals surface area contributed by atoms with Crippen molar-refractivity contribution in [3.8, 4) is 0 Å². The molecule has 0 bridgehead atoms. The minimum Gasteiger partial charge on any atom is -0.380 e. The summed E-state index contributed by atoms with van der Waals surface area (Å²) in [5.74, 6) is 0. The average Bonchev–Trinajstić information content (AvgIpc) is 2.54. The topological polar surface area (TPSA) is 37.0 Å². The molecular formula is C19H32ClN3O2. The summed E-state index contributed by atoms with van der Waals surface area (Å²) in [4.78, 5) is 4.93. The fourth-order valence-electron chi connectivity index (χ4n) is 3.93. The molecule has 0 spiro atoms. The predicted octanol–water partition coefficient (Wildman–Crippen LogP) is 2.67. The van der Waals surface area contributed by atoms with E-state index in [1.807, 2.05) is 0 Å². The van der Waals surface area contributed by atoms with Crippen molar-refractivity contribution in [2.24, 2.45) is 0 Å². The van der Waals surface area contributed by atoms with Gasteiger partial charge in [-0.15, -0.1) is 12.4 Å². The summed E-state index contributed by atoms with van der Waals surface area (Å²) in [5.41, 5.74) is 3.85. The van der Waals surface area contributed by atoms with E-state index in [0.717, 1.165) is 32.7 Å². The van der Waals surface area contributed by atoms with Gasteiger partial charge in [0.1, 0.15) is 0 Å². The lowest BCUT2D eigenvalue weighted by Gasteiger charge is -2.39. The van der Waals surface area contributed by atoms with Crippen LogP contribution in [0, 0.1) is 0 Å². The Balaban J connectivity index is 0.00000225. The normalized spacial score (nSPS) is 27.1. The van der Waals surface area contributed by atoms with Crippen molar-refractivity contribution in [2.45, 2.75) is 45.6 Å². The van der Waals surface area contributed by atoms with Gasteiger partial charge < -0.3 is 24.6 Å². The van der Waals surface area contributed by atoms with Crippen molar-refractivity contribution in [1.29, 1.82) is 0 Å². The number of nitrogens with one attached hydrogen (secondary N) is 1. The van der Waals surface area contributed by atoms with Gasteiger partial charge >= 0.3 is 0 Å². The highest BCUT2D eigenvalue weighted by atomic mass is 35.5. The van der Waals surface area contributed by atoms with Crippen molar-refractivity contribution in [1.82, 2.24) is 5.32 Å². The molecule has 142 valence electrons. The Labute approximate surface area is 158 Å². The second-order valence-corrected chi connectivity index (χ2v) is 7.15. The quantitative estimate of drug-likeness (QED) is 0.883. The Morgan fingerprint density at radius 2 is 1.92 bits per heavy atom. The molecule has 0 aliphatic carbocycles. The van der Waals surface area contributed by atoms with Gasteiger partial charge in [-0.3, -0.25) is 0 Å². The van der Waals surface area contributed by atoms with E-state index in [4.69, 9.17) is 9.47 Å². The second kappa shape index (κ2) is 9.08. The molecule has 5 nitrogen and oxygen atoms in total. The lowest BCUT2D eigenvalue weighted by molar-refractivity contribution is -0.00533. The number of rotatable bonds is 4. The molecule has 2 fully saturated rings. The van der Waals surface area contributed by atoms with Gasteiger partial charge in [-0.1, -0.05) is 0 Å². The molecule has 0 amide bonds. The van der Waals surface area contributed by atoms with Crippen molar-refractivity contribution in [3.63, 3.8) is 0 Å². The molecule has 0 saturated carbocycles. The minimum absolute atomic E-state index is 0. The first kappa shape index (κ1) is 20.3. The van der Waals surface area contributed by atoms with Crippen LogP contribution in [-0.2, 0) is 16.1 Å². The zero-order chi connectivity index (χ0) is 17.1. The van der Waals surface area contributed by atoms with Crippen LogP contribution < -0.4 is 15.1 Å². The highest BCUT2D eigenvalue weighted by Crippen LogP contribution is 2.30. The van der Waals surface area contributed by atoms with E-state index in [2.05, 4.69) is 54.1 Å². The van der Waals surface area contributed by atoms with Crippen molar-refractivity contribution < 1.29 is 9.47 Å². The molecule has 3 rings (SSSR count). The van der Waals surface area contributed by atoms with Crippen LogP contribution in [-0.4, -0.2) is 58.1 Å². The summed E-state index contributed by atoms with van der Waals surface area (Å²) >= 11 is 0. The van der Waals surface area contributed by atoms with Gasteiger partial charge in [0.2, 0.25) is 0 Å². The predicted molar refractivity (Wildman–Crippen MR) is 106 cm³/mol. The summed E-state index contributed by atoms with van der Waals surface area (Å²) in [6, 6.07) is 7.36. The Kier molecular flexibility index (Phi) is 7.37. The van der Waals surface area contributed by atoms with Gasteiger partial charge in [0.05, 0.1) is 18.8 Å². The molecule has 1 aromatic rings. The van der Waals surface area contributed by atoms with Crippen LogP contribution in [0.1, 0.15) is 26.3 Å². The highest BCUT2D eigenvalue weighted by Gasteiger charge is 2.25. The maximum atomic E-state index is 5.88. The number of halogens is 1. The number of anilines is 2. The van der Waals surface area contributed by atoms with Gasteiger partial charge in [-0.05, 0) is 39.0 Å². The summed E-state index contributed by atoms with van der Waals surface area (Å²) in [7, 11) is 1.77. The summed E-state index contributed by atoms with van der Waals surface area (Å²) < 4.78 is 11.4. The largest absolute Gasteiger partial charge is 0.380 e. The molecule has 1 aromatic carbocycles. The summed E-state index contributed by atoms with van der Waals surface area (Å²) in [6.07, 6.45) is 0.522. The number of hydrogen-bond donors (Lipinski definition) is 1. The Hall–Kier alpha value is -1.01. The monoisotopic (exact) mass is 369 g/mol. The van der Waals surface area contributed by atoms with Crippen LogP contribution in [0.2, 0.25) is 0 Å². The van der Waals surface area contributed by atoms with E-state index in [0.29, 0.717) is 12.6 Å². The third-order valence-electron chi connectivity index (χ3n) is 4.96. The smallest absolute Gasteiger partial charge is 0.0734 e. The summed E-state index contributed by atoms with van der Waals surface area (Å²) in [6.45, 7) is 12.2. The van der Waals surface area contributed by atoms with Crippen molar-refractivity contribution >= 4 is 23.8 Å².